The monoisotopic (exact) mass is 1150 g/mol. The van der Waals surface area contributed by atoms with Gasteiger partial charge in [0.25, 0.3) is 0 Å². The molecule has 0 aliphatic heterocycles. The molecule has 0 aromatic rings. The van der Waals surface area contributed by atoms with Crippen LogP contribution in [0.2, 0.25) is 0 Å². The Morgan fingerprint density at radius 3 is 0.747 bits per heavy atom. The number of carbonyl (C=O) groups is 3. The molecule has 0 aliphatic carbocycles. The molecule has 0 radical (unpaired) electrons. The Kier molecular flexibility index (Phi) is 66.7. The van der Waals surface area contributed by atoms with Crippen molar-refractivity contribution < 1.29 is 28.6 Å². The van der Waals surface area contributed by atoms with Gasteiger partial charge in [-0.25, -0.2) is 0 Å². The lowest BCUT2D eigenvalue weighted by Crippen LogP contribution is -2.30. The van der Waals surface area contributed by atoms with E-state index in [-0.39, 0.29) is 31.1 Å². The summed E-state index contributed by atoms with van der Waals surface area (Å²) < 4.78 is 17.0. The fraction of sp³-hybridized carbons (Fsp3) is 0.701. The zero-order valence-electron chi connectivity index (χ0n) is 54.4. The molecule has 1 unspecified atom stereocenters. The maximum atomic E-state index is 13.0. The highest BCUT2D eigenvalue weighted by atomic mass is 16.6. The maximum absolute atomic E-state index is 13.0. The van der Waals surface area contributed by atoms with Crippen molar-refractivity contribution >= 4 is 17.9 Å². The van der Waals surface area contributed by atoms with Crippen LogP contribution in [0.3, 0.4) is 0 Å². The molecule has 0 heterocycles. The third kappa shape index (κ3) is 68.5. The third-order valence-corrected chi connectivity index (χ3v) is 14.9. The molecule has 83 heavy (non-hydrogen) atoms. The van der Waals surface area contributed by atoms with Crippen LogP contribution in [0.1, 0.15) is 329 Å². The van der Waals surface area contributed by atoms with Gasteiger partial charge in [0.15, 0.2) is 6.10 Å². The van der Waals surface area contributed by atoms with E-state index in [4.69, 9.17) is 14.2 Å². The Morgan fingerprint density at radius 1 is 0.253 bits per heavy atom. The van der Waals surface area contributed by atoms with Crippen LogP contribution >= 0.6 is 0 Å². The van der Waals surface area contributed by atoms with Gasteiger partial charge in [-0.15, -0.1) is 0 Å². The van der Waals surface area contributed by atoms with E-state index in [9.17, 15) is 14.4 Å². The quantitative estimate of drug-likeness (QED) is 0.0261. The SMILES string of the molecule is CC/C=C\C/C=C\C/C=C\C/C=C\C/C=C\CCCCCC(=O)OCC(COC(=O)CCCCCCCCCC/C=C\C/C=C\C/C=C\CCCCCCC)OC(=O)CCCCCCCCCCCCC/C=C\C/C=C\CCCCCCC. The van der Waals surface area contributed by atoms with Crippen LogP contribution < -0.4 is 0 Å². The minimum absolute atomic E-state index is 0.0950. The van der Waals surface area contributed by atoms with Gasteiger partial charge in [-0.05, 0) is 135 Å². The summed E-state index contributed by atoms with van der Waals surface area (Å²) in [6.07, 6.45) is 97.8. The smallest absolute Gasteiger partial charge is 0.306 e. The third-order valence-electron chi connectivity index (χ3n) is 14.9. The predicted molar refractivity (Wildman–Crippen MR) is 362 cm³/mol. The molecule has 0 N–H and O–H groups in total. The van der Waals surface area contributed by atoms with Gasteiger partial charge in [0.1, 0.15) is 13.2 Å². The van der Waals surface area contributed by atoms with Crippen molar-refractivity contribution in [2.75, 3.05) is 13.2 Å². The normalized spacial score (nSPS) is 12.9. The van der Waals surface area contributed by atoms with Gasteiger partial charge >= 0.3 is 17.9 Å². The van der Waals surface area contributed by atoms with E-state index >= 15 is 0 Å². The molecule has 474 valence electrons. The number of hydrogen-bond acceptors (Lipinski definition) is 6. The van der Waals surface area contributed by atoms with E-state index in [0.717, 1.165) is 122 Å². The second-order valence-electron chi connectivity index (χ2n) is 23.1. The number of ether oxygens (including phenoxy) is 3. The molecule has 0 aliphatic rings. The standard InChI is InChI=1S/C77H130O6/c1-4-7-10-13-16-19-22-25-28-31-34-36-38-40-43-46-49-52-55-58-61-64-67-70-76(79)82-73-74(72-81-75(78)69-66-63-60-57-54-51-48-45-42-33-30-27-24-21-18-15-12-9-6-3)83-77(80)71-68-65-62-59-56-53-50-47-44-41-39-37-35-32-29-26-23-20-17-14-11-8-5-2/h9,12,18,21-23,25-27,30-32,34-35,38,40,42,45,51,54,74H,4-8,10-11,13-17,19-20,24,28-29,33,36-37,39,41,43-44,46-50,52-53,55-73H2,1-3H3/b12-9-,21-18-,25-22-,26-23-,30-27-,34-31-,35-32-,40-38-,45-42-,54-51-. The Bertz CT molecular complexity index is 1700. The Hall–Kier alpha value is -4.19. The van der Waals surface area contributed by atoms with Crippen molar-refractivity contribution in [2.45, 2.75) is 335 Å². The molecule has 0 amide bonds. The first kappa shape index (κ1) is 78.8. The molecule has 6 nitrogen and oxygen atoms in total. The number of rotatable bonds is 63. The molecule has 0 spiro atoms. The molecule has 0 rings (SSSR count). The lowest BCUT2D eigenvalue weighted by Gasteiger charge is -2.18. The van der Waals surface area contributed by atoms with E-state index in [1.807, 2.05) is 0 Å². The molecular formula is C77H130O6. The fourth-order valence-corrected chi connectivity index (χ4v) is 9.68. The van der Waals surface area contributed by atoms with Crippen molar-refractivity contribution in [1.82, 2.24) is 0 Å². The highest BCUT2D eigenvalue weighted by Crippen LogP contribution is 2.16. The first-order valence-corrected chi connectivity index (χ1v) is 35.0. The summed E-state index contributed by atoms with van der Waals surface area (Å²) in [7, 11) is 0. The zero-order chi connectivity index (χ0) is 59.9. The zero-order valence-corrected chi connectivity index (χ0v) is 54.4. The van der Waals surface area contributed by atoms with Gasteiger partial charge in [-0.2, -0.15) is 0 Å². The maximum Gasteiger partial charge on any atom is 0.306 e. The summed E-state index contributed by atoms with van der Waals surface area (Å²) in [6, 6.07) is 0. The summed E-state index contributed by atoms with van der Waals surface area (Å²) in [5, 5.41) is 0. The lowest BCUT2D eigenvalue weighted by atomic mass is 10.0. The van der Waals surface area contributed by atoms with Crippen molar-refractivity contribution in [3.63, 3.8) is 0 Å². The molecule has 0 saturated carbocycles. The minimum atomic E-state index is -0.802. The van der Waals surface area contributed by atoms with E-state index in [1.54, 1.807) is 0 Å². The molecular weight excluding hydrogens is 1020 g/mol. The highest BCUT2D eigenvalue weighted by Gasteiger charge is 2.19. The van der Waals surface area contributed by atoms with Gasteiger partial charge in [0, 0.05) is 19.3 Å². The van der Waals surface area contributed by atoms with Crippen LogP contribution in [0.15, 0.2) is 122 Å². The average Bonchev–Trinajstić information content (AvgIpc) is 3.49. The molecule has 1 atom stereocenters. The van der Waals surface area contributed by atoms with Gasteiger partial charge in [0.05, 0.1) is 0 Å². The molecule has 0 bridgehead atoms. The highest BCUT2D eigenvalue weighted by molar-refractivity contribution is 5.71. The van der Waals surface area contributed by atoms with Crippen LogP contribution in [-0.2, 0) is 28.6 Å². The number of allylic oxidation sites excluding steroid dienone is 20. The molecule has 0 fully saturated rings. The van der Waals surface area contributed by atoms with Gasteiger partial charge in [-0.3, -0.25) is 14.4 Å². The second kappa shape index (κ2) is 70.3. The number of esters is 3. The van der Waals surface area contributed by atoms with Crippen LogP contribution in [0.4, 0.5) is 0 Å². The molecule has 6 heteroatoms. The Morgan fingerprint density at radius 2 is 0.470 bits per heavy atom. The van der Waals surface area contributed by atoms with Gasteiger partial charge in [0.2, 0.25) is 0 Å². The van der Waals surface area contributed by atoms with Crippen LogP contribution in [-0.4, -0.2) is 37.2 Å². The number of hydrogen-bond donors (Lipinski definition) is 0. The van der Waals surface area contributed by atoms with E-state index in [1.165, 1.54) is 167 Å². The average molecular weight is 1150 g/mol. The Labute approximate surface area is 513 Å². The summed E-state index contributed by atoms with van der Waals surface area (Å²) in [5.74, 6) is -0.927. The Balaban J connectivity index is 4.45. The fourth-order valence-electron chi connectivity index (χ4n) is 9.68. The molecule has 0 aromatic heterocycles. The predicted octanol–water partition coefficient (Wildman–Crippen LogP) is 24.3. The number of carbonyl (C=O) groups excluding carboxylic acids is 3. The summed E-state index contributed by atoms with van der Waals surface area (Å²) in [6.45, 7) is 6.50. The van der Waals surface area contributed by atoms with Crippen molar-refractivity contribution in [3.05, 3.63) is 122 Å². The van der Waals surface area contributed by atoms with Crippen LogP contribution in [0.5, 0.6) is 0 Å². The first-order chi connectivity index (χ1) is 41.0. The van der Waals surface area contributed by atoms with E-state index < -0.39 is 6.10 Å². The minimum Gasteiger partial charge on any atom is -0.462 e. The first-order valence-electron chi connectivity index (χ1n) is 35.0. The van der Waals surface area contributed by atoms with Crippen molar-refractivity contribution in [2.24, 2.45) is 0 Å². The summed E-state index contributed by atoms with van der Waals surface area (Å²) >= 11 is 0. The summed E-state index contributed by atoms with van der Waals surface area (Å²) in [4.78, 5) is 38.5. The number of unbranched alkanes of at least 4 members (excludes halogenated alkanes) is 32. The van der Waals surface area contributed by atoms with Crippen LogP contribution in [0.25, 0.3) is 0 Å². The molecule has 0 aromatic carbocycles. The van der Waals surface area contributed by atoms with Crippen molar-refractivity contribution in [1.29, 1.82) is 0 Å². The lowest BCUT2D eigenvalue weighted by molar-refractivity contribution is -0.167. The van der Waals surface area contributed by atoms with E-state index in [2.05, 4.69) is 142 Å². The molecule has 0 saturated heterocycles. The largest absolute Gasteiger partial charge is 0.462 e. The second-order valence-corrected chi connectivity index (χ2v) is 23.1. The van der Waals surface area contributed by atoms with Crippen molar-refractivity contribution in [3.8, 4) is 0 Å². The van der Waals surface area contributed by atoms with Gasteiger partial charge in [-0.1, -0.05) is 296 Å². The topological polar surface area (TPSA) is 78.9 Å². The summed E-state index contributed by atoms with van der Waals surface area (Å²) in [5.41, 5.74) is 0. The van der Waals surface area contributed by atoms with E-state index in [0.29, 0.717) is 19.3 Å². The van der Waals surface area contributed by atoms with Crippen LogP contribution in [0, 0.1) is 0 Å². The van der Waals surface area contributed by atoms with Gasteiger partial charge < -0.3 is 14.2 Å².